The van der Waals surface area contributed by atoms with Crippen LogP contribution in [0.2, 0.25) is 0 Å². The molecule has 0 atom stereocenters. The Balaban J connectivity index is 2.22. The van der Waals surface area contributed by atoms with Gasteiger partial charge in [0.15, 0.2) is 0 Å². The molecule has 2 nitrogen and oxygen atoms in total. The first kappa shape index (κ1) is 14.4. The van der Waals surface area contributed by atoms with E-state index in [1.165, 1.54) is 0 Å². The average Bonchev–Trinajstić information content (AvgIpc) is 2.87. The van der Waals surface area contributed by atoms with Gasteiger partial charge in [0.1, 0.15) is 11.6 Å². The first-order valence-electron chi connectivity index (χ1n) is 6.45. The van der Waals surface area contributed by atoms with Crippen LogP contribution in [0.3, 0.4) is 0 Å². The number of nitrogens with zero attached hydrogens (tertiary/aromatic N) is 1. The predicted octanol–water partition coefficient (Wildman–Crippen LogP) is 3.74. The zero-order chi connectivity index (χ0) is 13.8. The molecule has 0 unspecified atom stereocenters. The SMILES string of the molecule is O=C(c1cc(F)cc(F)c1)N(CCBr)C1CCCC1. The van der Waals surface area contributed by atoms with Gasteiger partial charge in [0.2, 0.25) is 0 Å². The number of benzene rings is 1. The van der Waals surface area contributed by atoms with E-state index in [2.05, 4.69) is 15.9 Å². The summed E-state index contributed by atoms with van der Waals surface area (Å²) in [6.45, 7) is 0.557. The fraction of sp³-hybridized carbons (Fsp3) is 0.500. The maximum atomic E-state index is 13.2. The van der Waals surface area contributed by atoms with Crippen LogP contribution in [0, 0.1) is 11.6 Å². The van der Waals surface area contributed by atoms with Gasteiger partial charge in [-0.15, -0.1) is 0 Å². The van der Waals surface area contributed by atoms with Gasteiger partial charge in [0.05, 0.1) is 0 Å². The largest absolute Gasteiger partial charge is 0.335 e. The molecule has 104 valence electrons. The Hall–Kier alpha value is -0.970. The first-order valence-corrected chi connectivity index (χ1v) is 7.57. The number of carbonyl (C=O) groups is 1. The molecule has 0 radical (unpaired) electrons. The van der Waals surface area contributed by atoms with Gasteiger partial charge in [-0.1, -0.05) is 28.8 Å². The summed E-state index contributed by atoms with van der Waals surface area (Å²) < 4.78 is 26.4. The van der Waals surface area contributed by atoms with Gasteiger partial charge in [0, 0.05) is 29.5 Å². The normalized spacial score (nSPS) is 15.7. The highest BCUT2D eigenvalue weighted by molar-refractivity contribution is 9.09. The maximum Gasteiger partial charge on any atom is 0.254 e. The molecule has 0 spiro atoms. The van der Waals surface area contributed by atoms with Gasteiger partial charge >= 0.3 is 0 Å². The van der Waals surface area contributed by atoms with Gasteiger partial charge in [-0.2, -0.15) is 0 Å². The zero-order valence-corrected chi connectivity index (χ0v) is 12.1. The monoisotopic (exact) mass is 331 g/mol. The highest BCUT2D eigenvalue weighted by atomic mass is 79.9. The van der Waals surface area contributed by atoms with Crippen molar-refractivity contribution in [2.24, 2.45) is 0 Å². The van der Waals surface area contributed by atoms with Gasteiger partial charge in [0.25, 0.3) is 5.91 Å². The fourth-order valence-electron chi connectivity index (χ4n) is 2.60. The van der Waals surface area contributed by atoms with Crippen molar-refractivity contribution < 1.29 is 13.6 Å². The molecular formula is C14H16BrF2NO. The van der Waals surface area contributed by atoms with E-state index in [9.17, 15) is 13.6 Å². The summed E-state index contributed by atoms with van der Waals surface area (Å²) in [7, 11) is 0. The van der Waals surface area contributed by atoms with Crippen LogP contribution >= 0.6 is 15.9 Å². The molecule has 0 heterocycles. The second-order valence-electron chi connectivity index (χ2n) is 4.78. The molecule has 0 saturated heterocycles. The fourth-order valence-corrected chi connectivity index (χ4v) is 2.98. The van der Waals surface area contributed by atoms with E-state index >= 15 is 0 Å². The standard InChI is InChI=1S/C14H16BrF2NO/c15-5-6-18(13-3-1-2-4-13)14(19)10-7-11(16)9-12(17)8-10/h7-9,13H,1-6H2. The third-order valence-corrected chi connectivity index (χ3v) is 3.82. The molecule has 1 fully saturated rings. The minimum atomic E-state index is -0.714. The lowest BCUT2D eigenvalue weighted by Gasteiger charge is -2.28. The van der Waals surface area contributed by atoms with Crippen molar-refractivity contribution in [1.29, 1.82) is 0 Å². The summed E-state index contributed by atoms with van der Waals surface area (Å²) in [5.74, 6) is -1.72. The molecule has 5 heteroatoms. The summed E-state index contributed by atoms with van der Waals surface area (Å²) >= 11 is 3.32. The van der Waals surface area contributed by atoms with E-state index < -0.39 is 11.6 Å². The minimum Gasteiger partial charge on any atom is -0.335 e. The lowest BCUT2D eigenvalue weighted by molar-refractivity contribution is 0.0695. The molecular weight excluding hydrogens is 316 g/mol. The van der Waals surface area contributed by atoms with Crippen LogP contribution in [0.4, 0.5) is 8.78 Å². The maximum absolute atomic E-state index is 13.2. The van der Waals surface area contributed by atoms with E-state index in [1.54, 1.807) is 4.90 Å². The Labute approximate surface area is 119 Å². The number of amides is 1. The number of rotatable bonds is 4. The molecule has 0 N–H and O–H groups in total. The quantitative estimate of drug-likeness (QED) is 0.769. The molecule has 1 amide bonds. The van der Waals surface area contributed by atoms with Crippen LogP contribution in [-0.2, 0) is 0 Å². The van der Waals surface area contributed by atoms with Gasteiger partial charge < -0.3 is 4.90 Å². The van der Waals surface area contributed by atoms with Crippen molar-refractivity contribution in [1.82, 2.24) is 4.90 Å². The van der Waals surface area contributed by atoms with Gasteiger partial charge in [-0.05, 0) is 25.0 Å². The summed E-state index contributed by atoms with van der Waals surface area (Å²) in [4.78, 5) is 14.1. The van der Waals surface area contributed by atoms with Crippen molar-refractivity contribution >= 4 is 21.8 Å². The molecule has 1 aromatic carbocycles. The number of halogens is 3. The molecule has 0 aliphatic heterocycles. The molecule has 2 rings (SSSR count). The highest BCUT2D eigenvalue weighted by Crippen LogP contribution is 2.25. The Morgan fingerprint density at radius 1 is 1.21 bits per heavy atom. The minimum absolute atomic E-state index is 0.0883. The van der Waals surface area contributed by atoms with Crippen molar-refractivity contribution in [2.75, 3.05) is 11.9 Å². The topological polar surface area (TPSA) is 20.3 Å². The molecule has 1 aliphatic rings. The number of hydrogen-bond acceptors (Lipinski definition) is 1. The predicted molar refractivity (Wildman–Crippen MR) is 73.4 cm³/mol. The van der Waals surface area contributed by atoms with E-state index in [4.69, 9.17) is 0 Å². The third-order valence-electron chi connectivity index (χ3n) is 3.46. The Morgan fingerprint density at radius 2 is 1.79 bits per heavy atom. The van der Waals surface area contributed by atoms with Crippen molar-refractivity contribution in [3.63, 3.8) is 0 Å². The van der Waals surface area contributed by atoms with Gasteiger partial charge in [-0.3, -0.25) is 4.79 Å². The summed E-state index contributed by atoms with van der Waals surface area (Å²) in [5, 5.41) is 0.660. The molecule has 0 aromatic heterocycles. The van der Waals surface area contributed by atoms with E-state index in [0.717, 1.165) is 43.9 Å². The summed E-state index contributed by atoms with van der Waals surface area (Å²) in [5.41, 5.74) is 0.0883. The molecule has 1 aromatic rings. The number of alkyl halides is 1. The Morgan fingerprint density at radius 3 is 2.32 bits per heavy atom. The van der Waals surface area contributed by atoms with Crippen molar-refractivity contribution in [2.45, 2.75) is 31.7 Å². The second-order valence-corrected chi connectivity index (χ2v) is 5.58. The van der Waals surface area contributed by atoms with Crippen LogP contribution in [0.25, 0.3) is 0 Å². The van der Waals surface area contributed by atoms with Crippen molar-refractivity contribution in [3.05, 3.63) is 35.4 Å². The van der Waals surface area contributed by atoms with Crippen LogP contribution in [0.15, 0.2) is 18.2 Å². The van der Waals surface area contributed by atoms with E-state index in [1.807, 2.05) is 0 Å². The van der Waals surface area contributed by atoms with E-state index in [0.29, 0.717) is 11.9 Å². The third kappa shape index (κ3) is 3.53. The number of carbonyl (C=O) groups excluding carboxylic acids is 1. The highest BCUT2D eigenvalue weighted by Gasteiger charge is 2.27. The van der Waals surface area contributed by atoms with Crippen LogP contribution in [-0.4, -0.2) is 28.7 Å². The van der Waals surface area contributed by atoms with Crippen molar-refractivity contribution in [3.8, 4) is 0 Å². The first-order chi connectivity index (χ1) is 9.11. The number of hydrogen-bond donors (Lipinski definition) is 0. The van der Waals surface area contributed by atoms with E-state index in [-0.39, 0.29) is 17.5 Å². The lowest BCUT2D eigenvalue weighted by atomic mass is 10.1. The average molecular weight is 332 g/mol. The molecule has 1 saturated carbocycles. The Bertz CT molecular complexity index is 441. The van der Waals surface area contributed by atoms with Crippen LogP contribution in [0.1, 0.15) is 36.0 Å². The lowest BCUT2D eigenvalue weighted by Crippen LogP contribution is -2.40. The van der Waals surface area contributed by atoms with Gasteiger partial charge in [-0.25, -0.2) is 8.78 Å². The smallest absolute Gasteiger partial charge is 0.254 e. The zero-order valence-electron chi connectivity index (χ0n) is 10.5. The molecule has 19 heavy (non-hydrogen) atoms. The van der Waals surface area contributed by atoms with Crippen LogP contribution in [0.5, 0.6) is 0 Å². The van der Waals surface area contributed by atoms with Crippen LogP contribution < -0.4 is 0 Å². The summed E-state index contributed by atoms with van der Waals surface area (Å²) in [6.07, 6.45) is 4.15. The second kappa shape index (κ2) is 6.46. The molecule has 0 bridgehead atoms. The summed E-state index contributed by atoms with van der Waals surface area (Å²) in [6, 6.07) is 3.17. The Kier molecular flexibility index (Phi) is 4.91. The molecule has 1 aliphatic carbocycles.